The van der Waals surface area contributed by atoms with Gasteiger partial charge in [0.1, 0.15) is 0 Å². The molecule has 84 valence electrons. The van der Waals surface area contributed by atoms with E-state index >= 15 is 0 Å². The average Bonchev–Trinajstić information content (AvgIpc) is 2.20. The van der Waals surface area contributed by atoms with Gasteiger partial charge in [0.2, 0.25) is 0 Å². The van der Waals surface area contributed by atoms with Crippen LogP contribution in [-0.4, -0.2) is 17.3 Å². The largest absolute Gasteiger partial charge is 0.388 e. The van der Waals surface area contributed by atoms with E-state index in [2.05, 4.69) is 5.32 Å². The van der Waals surface area contributed by atoms with Gasteiger partial charge in [-0.1, -0.05) is 24.6 Å². The number of rotatable bonds is 4. The Labute approximate surface area is 96.3 Å². The Kier molecular flexibility index (Phi) is 4.00. The summed E-state index contributed by atoms with van der Waals surface area (Å²) in [5.41, 5.74) is 1.34. The Hall–Kier alpha value is -0.730. The van der Waals surface area contributed by atoms with Crippen LogP contribution in [0.1, 0.15) is 25.8 Å². The number of aliphatic hydroxyl groups is 1. The van der Waals surface area contributed by atoms with Crippen molar-refractivity contribution < 1.29 is 5.11 Å². The molecule has 1 aromatic carbocycles. The minimum atomic E-state index is -0.687. The summed E-state index contributed by atoms with van der Waals surface area (Å²) in [6, 6.07) is 5.80. The van der Waals surface area contributed by atoms with Crippen LogP contribution in [0.25, 0.3) is 0 Å². The van der Waals surface area contributed by atoms with Gasteiger partial charge in [-0.3, -0.25) is 0 Å². The lowest BCUT2D eigenvalue weighted by molar-refractivity contribution is 0.0697. The zero-order chi connectivity index (χ0) is 11.5. The molecule has 0 aliphatic carbocycles. The van der Waals surface area contributed by atoms with E-state index in [4.69, 9.17) is 11.6 Å². The highest BCUT2D eigenvalue weighted by Crippen LogP contribution is 2.23. The highest BCUT2D eigenvalue weighted by atomic mass is 35.5. The highest BCUT2D eigenvalue weighted by Gasteiger charge is 2.17. The van der Waals surface area contributed by atoms with Crippen molar-refractivity contribution in [1.29, 1.82) is 0 Å². The standard InChI is InChI=1S/C12H18ClNO/c1-4-12(3,15)8-14-11-7-9(2)5-6-10(11)13/h5-7,14-15H,4,8H2,1-3H3. The van der Waals surface area contributed by atoms with E-state index in [0.717, 1.165) is 11.3 Å². The molecule has 1 atom stereocenters. The van der Waals surface area contributed by atoms with Crippen LogP contribution < -0.4 is 5.32 Å². The molecule has 2 N–H and O–H groups in total. The van der Waals surface area contributed by atoms with Gasteiger partial charge in [0, 0.05) is 6.54 Å². The molecule has 0 amide bonds. The summed E-state index contributed by atoms with van der Waals surface area (Å²) >= 11 is 6.02. The molecule has 0 saturated heterocycles. The Morgan fingerprint density at radius 2 is 2.13 bits per heavy atom. The zero-order valence-electron chi connectivity index (χ0n) is 9.47. The Morgan fingerprint density at radius 1 is 1.47 bits per heavy atom. The van der Waals surface area contributed by atoms with Crippen molar-refractivity contribution in [2.45, 2.75) is 32.8 Å². The smallest absolute Gasteiger partial charge is 0.0788 e. The van der Waals surface area contributed by atoms with E-state index < -0.39 is 5.60 Å². The van der Waals surface area contributed by atoms with Crippen LogP contribution in [0.3, 0.4) is 0 Å². The molecule has 1 rings (SSSR count). The van der Waals surface area contributed by atoms with Crippen molar-refractivity contribution in [3.8, 4) is 0 Å². The zero-order valence-corrected chi connectivity index (χ0v) is 10.2. The van der Waals surface area contributed by atoms with Crippen LogP contribution in [0.4, 0.5) is 5.69 Å². The lowest BCUT2D eigenvalue weighted by Gasteiger charge is -2.22. The SMILES string of the molecule is CCC(C)(O)CNc1cc(C)ccc1Cl. The van der Waals surface area contributed by atoms with Crippen molar-refractivity contribution in [2.24, 2.45) is 0 Å². The summed E-state index contributed by atoms with van der Waals surface area (Å²) in [4.78, 5) is 0. The van der Waals surface area contributed by atoms with Gasteiger partial charge in [-0.25, -0.2) is 0 Å². The molecule has 3 heteroatoms. The monoisotopic (exact) mass is 227 g/mol. The first kappa shape index (κ1) is 12.3. The number of nitrogens with one attached hydrogen (secondary N) is 1. The Morgan fingerprint density at radius 3 is 2.73 bits per heavy atom. The fourth-order valence-electron chi connectivity index (χ4n) is 1.19. The summed E-state index contributed by atoms with van der Waals surface area (Å²) in [6.45, 7) is 6.29. The van der Waals surface area contributed by atoms with Crippen LogP contribution in [0, 0.1) is 6.92 Å². The molecule has 0 saturated carbocycles. The fraction of sp³-hybridized carbons (Fsp3) is 0.500. The number of anilines is 1. The molecule has 0 aliphatic heterocycles. The minimum absolute atomic E-state index is 0.507. The van der Waals surface area contributed by atoms with Gasteiger partial charge in [-0.05, 0) is 38.0 Å². The Bertz CT molecular complexity index is 336. The molecule has 0 heterocycles. The van der Waals surface area contributed by atoms with Gasteiger partial charge in [0.25, 0.3) is 0 Å². The molecule has 0 spiro atoms. The van der Waals surface area contributed by atoms with Crippen molar-refractivity contribution in [1.82, 2.24) is 0 Å². The quantitative estimate of drug-likeness (QED) is 0.828. The second-order valence-corrected chi connectivity index (χ2v) is 4.59. The molecule has 1 unspecified atom stereocenters. The van der Waals surface area contributed by atoms with E-state index in [1.165, 1.54) is 0 Å². The summed E-state index contributed by atoms with van der Waals surface area (Å²) in [5, 5.41) is 13.7. The third-order valence-corrected chi connectivity index (χ3v) is 2.87. The third kappa shape index (κ3) is 3.73. The second-order valence-electron chi connectivity index (χ2n) is 4.19. The van der Waals surface area contributed by atoms with E-state index in [1.54, 1.807) is 0 Å². The second kappa shape index (κ2) is 4.86. The van der Waals surface area contributed by atoms with Gasteiger partial charge in [0.15, 0.2) is 0 Å². The molecule has 2 nitrogen and oxygen atoms in total. The minimum Gasteiger partial charge on any atom is -0.388 e. The summed E-state index contributed by atoms with van der Waals surface area (Å²) in [6.07, 6.45) is 0.712. The molecule has 0 aliphatic rings. The van der Waals surface area contributed by atoms with E-state index in [-0.39, 0.29) is 0 Å². The average molecular weight is 228 g/mol. The molecule has 1 aromatic rings. The van der Waals surface area contributed by atoms with Crippen molar-refractivity contribution >= 4 is 17.3 Å². The summed E-state index contributed by atoms with van der Waals surface area (Å²) in [7, 11) is 0. The number of halogens is 1. The van der Waals surface area contributed by atoms with Crippen molar-refractivity contribution in [3.63, 3.8) is 0 Å². The number of aryl methyl sites for hydroxylation is 1. The van der Waals surface area contributed by atoms with Crippen LogP contribution in [0.5, 0.6) is 0 Å². The van der Waals surface area contributed by atoms with Gasteiger partial charge in [0.05, 0.1) is 16.3 Å². The molecule has 0 bridgehead atoms. The van der Waals surface area contributed by atoms with Gasteiger partial charge in [-0.2, -0.15) is 0 Å². The molecule has 0 fully saturated rings. The van der Waals surface area contributed by atoms with E-state index in [1.807, 2.05) is 39.0 Å². The first-order valence-electron chi connectivity index (χ1n) is 5.17. The molecule has 0 radical (unpaired) electrons. The normalized spacial score (nSPS) is 14.7. The maximum atomic E-state index is 9.84. The third-order valence-electron chi connectivity index (χ3n) is 2.54. The van der Waals surface area contributed by atoms with Crippen LogP contribution >= 0.6 is 11.6 Å². The highest BCUT2D eigenvalue weighted by molar-refractivity contribution is 6.33. The number of benzene rings is 1. The van der Waals surface area contributed by atoms with Crippen molar-refractivity contribution in [2.75, 3.05) is 11.9 Å². The van der Waals surface area contributed by atoms with Crippen LogP contribution in [-0.2, 0) is 0 Å². The lowest BCUT2D eigenvalue weighted by Crippen LogP contribution is -2.32. The first-order chi connectivity index (χ1) is 6.94. The summed E-state index contributed by atoms with van der Waals surface area (Å²) in [5.74, 6) is 0. The maximum Gasteiger partial charge on any atom is 0.0788 e. The van der Waals surface area contributed by atoms with Crippen LogP contribution in [0.2, 0.25) is 5.02 Å². The van der Waals surface area contributed by atoms with Gasteiger partial charge >= 0.3 is 0 Å². The van der Waals surface area contributed by atoms with Crippen LogP contribution in [0.15, 0.2) is 18.2 Å². The van der Waals surface area contributed by atoms with E-state index in [0.29, 0.717) is 18.0 Å². The van der Waals surface area contributed by atoms with Gasteiger partial charge in [-0.15, -0.1) is 0 Å². The number of hydrogen-bond donors (Lipinski definition) is 2. The lowest BCUT2D eigenvalue weighted by atomic mass is 10.0. The predicted octanol–water partition coefficient (Wildman–Crippen LogP) is 3.22. The molecular weight excluding hydrogens is 210 g/mol. The molecule has 0 aromatic heterocycles. The molecular formula is C12H18ClNO. The maximum absolute atomic E-state index is 9.84. The topological polar surface area (TPSA) is 32.3 Å². The van der Waals surface area contributed by atoms with Gasteiger partial charge < -0.3 is 10.4 Å². The first-order valence-corrected chi connectivity index (χ1v) is 5.55. The molecule has 15 heavy (non-hydrogen) atoms. The predicted molar refractivity (Wildman–Crippen MR) is 65.6 cm³/mol. The van der Waals surface area contributed by atoms with E-state index in [9.17, 15) is 5.11 Å². The number of hydrogen-bond acceptors (Lipinski definition) is 2. The fourth-order valence-corrected chi connectivity index (χ4v) is 1.37. The Balaban J connectivity index is 2.69. The van der Waals surface area contributed by atoms with Crippen molar-refractivity contribution in [3.05, 3.63) is 28.8 Å². The summed E-state index contributed by atoms with van der Waals surface area (Å²) < 4.78 is 0.